The average molecular weight is 213 g/mol. The van der Waals surface area contributed by atoms with Crippen molar-refractivity contribution in [3.63, 3.8) is 0 Å². The van der Waals surface area contributed by atoms with Gasteiger partial charge in [0.25, 0.3) is 0 Å². The Morgan fingerprint density at radius 2 is 1.81 bits per heavy atom. The molecule has 0 aliphatic carbocycles. The summed E-state index contributed by atoms with van der Waals surface area (Å²) in [6, 6.07) is 11.0. The van der Waals surface area contributed by atoms with Crippen molar-refractivity contribution in [2.24, 2.45) is 4.99 Å². The van der Waals surface area contributed by atoms with Gasteiger partial charge in [-0.3, -0.25) is 4.99 Å². The summed E-state index contributed by atoms with van der Waals surface area (Å²) < 4.78 is 5.41. The number of aliphatic imine (C=N–C) groups is 1. The second-order valence-electron chi connectivity index (χ2n) is 4.24. The minimum atomic E-state index is 0.343. The molecule has 0 radical (unpaired) electrons. The second kappa shape index (κ2) is 4.22. The largest absolute Gasteiger partial charge is 0.381 e. The van der Waals surface area contributed by atoms with E-state index in [2.05, 4.69) is 35.3 Å². The van der Waals surface area contributed by atoms with E-state index < -0.39 is 0 Å². The Bertz CT molecular complexity index is 419. The Morgan fingerprint density at radius 1 is 1.12 bits per heavy atom. The Labute approximate surface area is 95.7 Å². The van der Waals surface area contributed by atoms with E-state index in [0.29, 0.717) is 6.04 Å². The molecule has 1 fully saturated rings. The molecule has 0 bridgehead atoms. The molecule has 1 unspecified atom stereocenters. The van der Waals surface area contributed by atoms with E-state index in [1.165, 1.54) is 16.7 Å². The summed E-state index contributed by atoms with van der Waals surface area (Å²) in [7, 11) is 0. The fourth-order valence-electron chi connectivity index (χ4n) is 2.28. The molecule has 2 heterocycles. The van der Waals surface area contributed by atoms with Crippen LogP contribution in [0.2, 0.25) is 0 Å². The first-order valence-corrected chi connectivity index (χ1v) is 5.83. The third-order valence-corrected chi connectivity index (χ3v) is 3.16. The molecule has 0 saturated carbocycles. The molecule has 0 aromatic heterocycles. The van der Waals surface area contributed by atoms with Gasteiger partial charge in [-0.2, -0.15) is 0 Å². The maximum atomic E-state index is 5.41. The molecule has 1 atom stereocenters. The van der Waals surface area contributed by atoms with E-state index in [1.54, 1.807) is 0 Å². The first-order chi connectivity index (χ1) is 7.95. The van der Waals surface area contributed by atoms with Crippen LogP contribution in [-0.2, 0) is 4.74 Å². The van der Waals surface area contributed by atoms with Gasteiger partial charge in [0.05, 0.1) is 13.2 Å². The van der Waals surface area contributed by atoms with Crippen LogP contribution in [0.1, 0.15) is 18.4 Å². The standard InChI is InChI=1S/C14H15NO/c1-2-4-11(5-3-1)14(13-10-15-13)12-6-8-16-9-7-12/h1-5,10,13H,6-9H2. The predicted molar refractivity (Wildman–Crippen MR) is 65.7 cm³/mol. The van der Waals surface area contributed by atoms with Crippen LogP contribution in [0.25, 0.3) is 5.57 Å². The number of benzene rings is 1. The zero-order chi connectivity index (χ0) is 10.8. The zero-order valence-electron chi connectivity index (χ0n) is 9.23. The van der Waals surface area contributed by atoms with Crippen LogP contribution in [0.3, 0.4) is 0 Å². The van der Waals surface area contributed by atoms with E-state index >= 15 is 0 Å². The van der Waals surface area contributed by atoms with Crippen LogP contribution < -0.4 is 0 Å². The monoisotopic (exact) mass is 213 g/mol. The molecule has 1 aromatic rings. The van der Waals surface area contributed by atoms with Gasteiger partial charge in [0.2, 0.25) is 0 Å². The molecule has 0 amide bonds. The highest BCUT2D eigenvalue weighted by Gasteiger charge is 2.24. The first kappa shape index (κ1) is 9.79. The molecule has 82 valence electrons. The summed E-state index contributed by atoms with van der Waals surface area (Å²) in [5, 5.41) is 0. The van der Waals surface area contributed by atoms with Crippen LogP contribution in [0.4, 0.5) is 0 Å². The van der Waals surface area contributed by atoms with Crippen molar-refractivity contribution >= 4 is 11.8 Å². The lowest BCUT2D eigenvalue weighted by molar-refractivity contribution is 0.119. The van der Waals surface area contributed by atoms with Crippen LogP contribution in [0.5, 0.6) is 0 Å². The van der Waals surface area contributed by atoms with E-state index in [-0.39, 0.29) is 0 Å². The summed E-state index contributed by atoms with van der Waals surface area (Å²) in [4.78, 5) is 4.33. The van der Waals surface area contributed by atoms with Crippen molar-refractivity contribution in [3.8, 4) is 0 Å². The molecule has 2 aliphatic rings. The molecule has 1 aromatic carbocycles. The molecule has 2 nitrogen and oxygen atoms in total. The topological polar surface area (TPSA) is 21.6 Å². The minimum Gasteiger partial charge on any atom is -0.381 e. The Morgan fingerprint density at radius 3 is 2.44 bits per heavy atom. The van der Waals surface area contributed by atoms with Crippen molar-refractivity contribution in [3.05, 3.63) is 41.5 Å². The van der Waals surface area contributed by atoms with E-state index in [9.17, 15) is 0 Å². The Hall–Kier alpha value is -1.41. The molecule has 1 saturated heterocycles. The Balaban J connectivity index is 1.97. The fourth-order valence-corrected chi connectivity index (χ4v) is 2.28. The molecular weight excluding hydrogens is 198 g/mol. The smallest absolute Gasteiger partial charge is 0.110 e. The third-order valence-electron chi connectivity index (χ3n) is 3.16. The van der Waals surface area contributed by atoms with Crippen molar-refractivity contribution < 1.29 is 4.74 Å². The molecule has 3 rings (SSSR count). The highest BCUT2D eigenvalue weighted by Crippen LogP contribution is 2.32. The van der Waals surface area contributed by atoms with Crippen molar-refractivity contribution in [1.29, 1.82) is 0 Å². The maximum Gasteiger partial charge on any atom is 0.110 e. The summed E-state index contributed by atoms with van der Waals surface area (Å²) in [6.07, 6.45) is 4.15. The SMILES string of the molecule is C1=NC1C(=C1CCOCC1)c1ccccc1. The van der Waals surface area contributed by atoms with Crippen molar-refractivity contribution in [2.45, 2.75) is 18.9 Å². The highest BCUT2D eigenvalue weighted by molar-refractivity contribution is 5.97. The van der Waals surface area contributed by atoms with Gasteiger partial charge in [0, 0.05) is 6.21 Å². The molecule has 2 aliphatic heterocycles. The zero-order valence-corrected chi connectivity index (χ0v) is 9.23. The average Bonchev–Trinajstić information content (AvgIpc) is 3.17. The molecule has 16 heavy (non-hydrogen) atoms. The molecule has 0 spiro atoms. The summed E-state index contributed by atoms with van der Waals surface area (Å²) >= 11 is 0. The van der Waals surface area contributed by atoms with E-state index in [4.69, 9.17) is 4.74 Å². The number of ether oxygens (including phenoxy) is 1. The van der Waals surface area contributed by atoms with Crippen LogP contribution in [-0.4, -0.2) is 25.5 Å². The van der Waals surface area contributed by atoms with Gasteiger partial charge in [-0.25, -0.2) is 0 Å². The first-order valence-electron chi connectivity index (χ1n) is 5.83. The van der Waals surface area contributed by atoms with Gasteiger partial charge in [-0.15, -0.1) is 0 Å². The lowest BCUT2D eigenvalue weighted by Gasteiger charge is -2.19. The van der Waals surface area contributed by atoms with Crippen LogP contribution in [0.15, 0.2) is 40.9 Å². The quantitative estimate of drug-likeness (QED) is 0.740. The van der Waals surface area contributed by atoms with Gasteiger partial charge >= 0.3 is 0 Å². The highest BCUT2D eigenvalue weighted by atomic mass is 16.5. The Kier molecular flexibility index (Phi) is 2.58. The maximum absolute atomic E-state index is 5.41. The lowest BCUT2D eigenvalue weighted by Crippen LogP contribution is -2.11. The molecule has 2 heteroatoms. The normalized spacial score (nSPS) is 23.2. The molecule has 0 N–H and O–H groups in total. The van der Waals surface area contributed by atoms with Gasteiger partial charge in [-0.05, 0) is 24.0 Å². The number of hydrogen-bond donors (Lipinski definition) is 0. The van der Waals surface area contributed by atoms with Gasteiger partial charge in [0.1, 0.15) is 6.04 Å². The number of hydrogen-bond acceptors (Lipinski definition) is 2. The summed E-state index contributed by atoms with van der Waals surface area (Å²) in [5.41, 5.74) is 4.27. The van der Waals surface area contributed by atoms with Gasteiger partial charge in [-0.1, -0.05) is 35.9 Å². The summed E-state index contributed by atoms with van der Waals surface area (Å²) in [5.74, 6) is 0. The van der Waals surface area contributed by atoms with E-state index in [0.717, 1.165) is 26.1 Å². The van der Waals surface area contributed by atoms with Gasteiger partial charge in [0.15, 0.2) is 0 Å². The van der Waals surface area contributed by atoms with E-state index in [1.807, 2.05) is 6.21 Å². The van der Waals surface area contributed by atoms with Crippen LogP contribution >= 0.6 is 0 Å². The fraction of sp³-hybridized carbons (Fsp3) is 0.357. The molecular formula is C14H15NO. The van der Waals surface area contributed by atoms with Gasteiger partial charge < -0.3 is 4.74 Å². The van der Waals surface area contributed by atoms with Crippen molar-refractivity contribution in [1.82, 2.24) is 0 Å². The second-order valence-corrected chi connectivity index (χ2v) is 4.24. The number of nitrogens with zero attached hydrogens (tertiary/aromatic N) is 1. The van der Waals surface area contributed by atoms with Crippen molar-refractivity contribution in [2.75, 3.05) is 13.2 Å². The minimum absolute atomic E-state index is 0.343. The van der Waals surface area contributed by atoms with Crippen LogP contribution in [0, 0.1) is 0 Å². The third kappa shape index (κ3) is 1.93. The summed E-state index contributed by atoms with van der Waals surface area (Å²) in [6.45, 7) is 1.72. The number of rotatable bonds is 2. The lowest BCUT2D eigenvalue weighted by atomic mass is 9.92. The predicted octanol–water partition coefficient (Wildman–Crippen LogP) is 2.70.